The number of anilines is 1. The van der Waals surface area contributed by atoms with Gasteiger partial charge in [-0.1, -0.05) is 6.92 Å². The SMILES string of the molecule is CCC(C)n1nccc1NC(=O)CCCOc1ccc(F)cc1. The van der Waals surface area contributed by atoms with Gasteiger partial charge in [0, 0.05) is 12.5 Å². The van der Waals surface area contributed by atoms with E-state index >= 15 is 0 Å². The van der Waals surface area contributed by atoms with E-state index in [2.05, 4.69) is 24.3 Å². The second-order valence-electron chi connectivity index (χ2n) is 5.37. The quantitative estimate of drug-likeness (QED) is 0.753. The molecular formula is C17H22FN3O2. The lowest BCUT2D eigenvalue weighted by Crippen LogP contribution is -2.17. The zero-order valence-corrected chi connectivity index (χ0v) is 13.5. The first-order valence-corrected chi connectivity index (χ1v) is 7.82. The molecule has 5 nitrogen and oxygen atoms in total. The van der Waals surface area contributed by atoms with E-state index in [4.69, 9.17) is 4.74 Å². The fourth-order valence-corrected chi connectivity index (χ4v) is 2.10. The summed E-state index contributed by atoms with van der Waals surface area (Å²) in [4.78, 5) is 12.0. The zero-order valence-electron chi connectivity index (χ0n) is 13.5. The molecule has 0 bridgehead atoms. The van der Waals surface area contributed by atoms with Gasteiger partial charge in [0.2, 0.25) is 5.91 Å². The van der Waals surface area contributed by atoms with Crippen molar-refractivity contribution in [2.75, 3.05) is 11.9 Å². The van der Waals surface area contributed by atoms with Crippen LogP contribution < -0.4 is 10.1 Å². The summed E-state index contributed by atoms with van der Waals surface area (Å²) in [5, 5.41) is 7.10. The minimum atomic E-state index is -0.297. The number of amides is 1. The molecular weight excluding hydrogens is 297 g/mol. The van der Waals surface area contributed by atoms with Crippen LogP contribution in [0.5, 0.6) is 5.75 Å². The highest BCUT2D eigenvalue weighted by molar-refractivity contribution is 5.89. The fraction of sp³-hybridized carbons (Fsp3) is 0.412. The molecule has 1 amide bonds. The Labute approximate surface area is 135 Å². The molecule has 1 aromatic carbocycles. The van der Waals surface area contributed by atoms with Gasteiger partial charge < -0.3 is 10.1 Å². The highest BCUT2D eigenvalue weighted by Gasteiger charge is 2.11. The Kier molecular flexibility index (Phi) is 6.14. The van der Waals surface area contributed by atoms with Gasteiger partial charge >= 0.3 is 0 Å². The number of aromatic nitrogens is 2. The molecule has 0 fully saturated rings. The summed E-state index contributed by atoms with van der Waals surface area (Å²) in [5.74, 6) is 0.942. The molecule has 0 spiro atoms. The molecule has 1 N–H and O–H groups in total. The number of halogens is 1. The monoisotopic (exact) mass is 319 g/mol. The normalized spacial score (nSPS) is 12.0. The van der Waals surface area contributed by atoms with E-state index < -0.39 is 0 Å². The number of benzene rings is 1. The Morgan fingerprint density at radius 2 is 2.09 bits per heavy atom. The molecule has 0 saturated carbocycles. The first-order valence-electron chi connectivity index (χ1n) is 7.82. The van der Waals surface area contributed by atoms with Crippen LogP contribution in [0.15, 0.2) is 36.5 Å². The number of nitrogens with one attached hydrogen (secondary N) is 1. The molecule has 1 aromatic heterocycles. The van der Waals surface area contributed by atoms with Crippen LogP contribution in [0.1, 0.15) is 39.2 Å². The number of hydrogen-bond acceptors (Lipinski definition) is 3. The molecule has 2 rings (SSSR count). The topological polar surface area (TPSA) is 56.2 Å². The lowest BCUT2D eigenvalue weighted by Gasteiger charge is -2.14. The molecule has 2 aromatic rings. The van der Waals surface area contributed by atoms with Gasteiger partial charge in [-0.3, -0.25) is 4.79 Å². The third-order valence-corrected chi connectivity index (χ3v) is 3.58. The molecule has 0 aliphatic heterocycles. The summed E-state index contributed by atoms with van der Waals surface area (Å²) in [6.07, 6.45) is 3.56. The summed E-state index contributed by atoms with van der Waals surface area (Å²) in [6.45, 7) is 4.54. The van der Waals surface area contributed by atoms with Crippen LogP contribution in [0, 0.1) is 5.82 Å². The van der Waals surface area contributed by atoms with Crippen molar-refractivity contribution < 1.29 is 13.9 Å². The predicted molar refractivity (Wildman–Crippen MR) is 87.0 cm³/mol. The van der Waals surface area contributed by atoms with Gasteiger partial charge in [-0.25, -0.2) is 9.07 Å². The highest BCUT2D eigenvalue weighted by atomic mass is 19.1. The lowest BCUT2D eigenvalue weighted by atomic mass is 10.2. The number of hydrogen-bond donors (Lipinski definition) is 1. The number of rotatable bonds is 8. The average Bonchev–Trinajstić information content (AvgIpc) is 3.00. The van der Waals surface area contributed by atoms with Gasteiger partial charge in [0.15, 0.2) is 0 Å². The van der Waals surface area contributed by atoms with E-state index in [0.29, 0.717) is 31.0 Å². The molecule has 1 unspecified atom stereocenters. The largest absolute Gasteiger partial charge is 0.494 e. The summed E-state index contributed by atoms with van der Waals surface area (Å²) < 4.78 is 20.0. The van der Waals surface area contributed by atoms with Gasteiger partial charge in [-0.15, -0.1) is 0 Å². The van der Waals surface area contributed by atoms with E-state index in [0.717, 1.165) is 6.42 Å². The van der Waals surface area contributed by atoms with Gasteiger partial charge in [-0.05, 0) is 44.0 Å². The van der Waals surface area contributed by atoms with Crippen LogP contribution >= 0.6 is 0 Å². The summed E-state index contributed by atoms with van der Waals surface area (Å²) in [7, 11) is 0. The van der Waals surface area contributed by atoms with Crippen LogP contribution in [-0.4, -0.2) is 22.3 Å². The van der Waals surface area contributed by atoms with Crippen molar-refractivity contribution in [3.63, 3.8) is 0 Å². The Morgan fingerprint density at radius 1 is 1.35 bits per heavy atom. The highest BCUT2D eigenvalue weighted by Crippen LogP contribution is 2.17. The average molecular weight is 319 g/mol. The Bertz CT molecular complexity index is 625. The Morgan fingerprint density at radius 3 is 2.78 bits per heavy atom. The number of nitrogens with zero attached hydrogens (tertiary/aromatic N) is 2. The molecule has 0 aliphatic rings. The second-order valence-corrected chi connectivity index (χ2v) is 5.37. The minimum absolute atomic E-state index is 0.0715. The van der Waals surface area contributed by atoms with Crippen molar-refractivity contribution in [3.05, 3.63) is 42.3 Å². The molecule has 0 radical (unpaired) electrons. The Balaban J connectivity index is 1.73. The Hall–Kier alpha value is -2.37. The first-order chi connectivity index (χ1) is 11.1. The van der Waals surface area contributed by atoms with Crippen LogP contribution in [0.3, 0.4) is 0 Å². The van der Waals surface area contributed by atoms with Crippen molar-refractivity contribution in [1.82, 2.24) is 9.78 Å². The van der Waals surface area contributed by atoms with Crippen molar-refractivity contribution in [1.29, 1.82) is 0 Å². The van der Waals surface area contributed by atoms with Crippen LogP contribution in [0.4, 0.5) is 10.2 Å². The van der Waals surface area contributed by atoms with Crippen molar-refractivity contribution in [2.45, 2.75) is 39.2 Å². The van der Waals surface area contributed by atoms with Crippen LogP contribution in [-0.2, 0) is 4.79 Å². The van der Waals surface area contributed by atoms with Crippen LogP contribution in [0.25, 0.3) is 0 Å². The molecule has 1 atom stereocenters. The molecule has 124 valence electrons. The minimum Gasteiger partial charge on any atom is -0.494 e. The maximum absolute atomic E-state index is 12.8. The van der Waals surface area contributed by atoms with Crippen molar-refractivity contribution in [2.24, 2.45) is 0 Å². The summed E-state index contributed by atoms with van der Waals surface area (Å²) >= 11 is 0. The molecule has 0 aliphatic carbocycles. The molecule has 6 heteroatoms. The maximum Gasteiger partial charge on any atom is 0.225 e. The van der Waals surface area contributed by atoms with E-state index in [1.54, 1.807) is 24.4 Å². The second kappa shape index (κ2) is 8.31. The van der Waals surface area contributed by atoms with Gasteiger partial charge in [-0.2, -0.15) is 5.10 Å². The third kappa shape index (κ3) is 5.09. The fourth-order valence-electron chi connectivity index (χ4n) is 2.10. The number of carbonyl (C=O) groups excluding carboxylic acids is 1. The standard InChI is InChI=1S/C17H22FN3O2/c1-3-13(2)21-16(10-11-19-21)20-17(22)5-4-12-23-15-8-6-14(18)7-9-15/h6-11,13H,3-5,12H2,1-2H3,(H,20,22). The number of ether oxygens (including phenoxy) is 1. The van der Waals surface area contributed by atoms with Crippen molar-refractivity contribution >= 4 is 11.7 Å². The molecule has 1 heterocycles. The number of carbonyl (C=O) groups is 1. The van der Waals surface area contributed by atoms with E-state index in [-0.39, 0.29) is 17.8 Å². The predicted octanol–water partition coefficient (Wildman–Crippen LogP) is 3.79. The zero-order chi connectivity index (χ0) is 16.7. The lowest BCUT2D eigenvalue weighted by molar-refractivity contribution is -0.116. The summed E-state index contributed by atoms with van der Waals surface area (Å²) in [6, 6.07) is 7.86. The van der Waals surface area contributed by atoms with Crippen LogP contribution in [0.2, 0.25) is 0 Å². The van der Waals surface area contributed by atoms with Crippen molar-refractivity contribution in [3.8, 4) is 5.75 Å². The third-order valence-electron chi connectivity index (χ3n) is 3.58. The van der Waals surface area contributed by atoms with Gasteiger partial charge in [0.1, 0.15) is 17.4 Å². The van der Waals surface area contributed by atoms with Gasteiger partial charge in [0.25, 0.3) is 0 Å². The van der Waals surface area contributed by atoms with E-state index in [9.17, 15) is 9.18 Å². The van der Waals surface area contributed by atoms with E-state index in [1.807, 2.05) is 4.68 Å². The van der Waals surface area contributed by atoms with E-state index in [1.165, 1.54) is 12.1 Å². The maximum atomic E-state index is 12.8. The molecule has 0 saturated heterocycles. The van der Waals surface area contributed by atoms with Gasteiger partial charge in [0.05, 0.1) is 18.8 Å². The first kappa shape index (κ1) is 17.0. The smallest absolute Gasteiger partial charge is 0.225 e. The summed E-state index contributed by atoms with van der Waals surface area (Å²) in [5.41, 5.74) is 0. The molecule has 23 heavy (non-hydrogen) atoms.